The van der Waals surface area contributed by atoms with Crippen LogP contribution in [0, 0.1) is 17.8 Å². The molecule has 1 saturated carbocycles. The van der Waals surface area contributed by atoms with Crippen LogP contribution >= 0.6 is 0 Å². The van der Waals surface area contributed by atoms with Gasteiger partial charge in [-0.1, -0.05) is 18.2 Å². The van der Waals surface area contributed by atoms with Gasteiger partial charge in [-0.15, -0.1) is 0 Å². The van der Waals surface area contributed by atoms with E-state index in [4.69, 9.17) is 4.74 Å². The number of rotatable bonds is 1. The molecule has 0 amide bonds. The normalized spacial score (nSPS) is 33.2. The Hall–Kier alpha value is -1.85. The molecule has 0 bridgehead atoms. The zero-order valence-corrected chi connectivity index (χ0v) is 16.1. The second-order valence-corrected chi connectivity index (χ2v) is 8.55. The van der Waals surface area contributed by atoms with Crippen molar-refractivity contribution in [1.82, 2.24) is 9.47 Å². The number of hydrogen-bond acceptors (Lipinski definition) is 4. The molecular weight excluding hydrogens is 340 g/mol. The van der Waals surface area contributed by atoms with E-state index in [0.717, 1.165) is 32.4 Å². The lowest BCUT2D eigenvalue weighted by molar-refractivity contribution is -0.160. The molecule has 2 aromatic rings. The Morgan fingerprint density at radius 3 is 2.89 bits per heavy atom. The number of carbonyl (C=O) groups excluding carboxylic acids is 1. The Morgan fingerprint density at radius 2 is 2.07 bits per heavy atom. The molecule has 1 N–H and O–H groups in total. The molecule has 1 aromatic carbocycles. The first-order valence-corrected chi connectivity index (χ1v) is 10.2. The highest BCUT2D eigenvalue weighted by atomic mass is 16.5. The molecule has 5 heteroatoms. The van der Waals surface area contributed by atoms with Crippen LogP contribution in [0.4, 0.5) is 0 Å². The zero-order valence-electron chi connectivity index (χ0n) is 16.1. The summed E-state index contributed by atoms with van der Waals surface area (Å²) in [6.45, 7) is 2.11. The highest BCUT2D eigenvalue weighted by Crippen LogP contribution is 2.49. The van der Waals surface area contributed by atoms with E-state index in [0.29, 0.717) is 18.4 Å². The lowest BCUT2D eigenvalue weighted by atomic mass is 9.65. The number of methoxy groups -OCH3 is 1. The Labute approximate surface area is 159 Å². The van der Waals surface area contributed by atoms with E-state index in [1.54, 1.807) is 0 Å². The molecular formula is C22H28N2O3. The summed E-state index contributed by atoms with van der Waals surface area (Å²) in [6, 6.07) is 8.98. The second-order valence-electron chi connectivity index (χ2n) is 8.55. The third-order valence-electron chi connectivity index (χ3n) is 7.42. The Balaban J connectivity index is 1.56. The predicted molar refractivity (Wildman–Crippen MR) is 103 cm³/mol. The number of carbonyl (C=O) groups is 1. The summed E-state index contributed by atoms with van der Waals surface area (Å²) >= 11 is 0. The molecule has 2 aliphatic heterocycles. The van der Waals surface area contributed by atoms with Gasteiger partial charge in [0.15, 0.2) is 0 Å². The minimum Gasteiger partial charge on any atom is -0.469 e. The van der Waals surface area contributed by atoms with Crippen molar-refractivity contribution in [2.75, 3.05) is 20.2 Å². The summed E-state index contributed by atoms with van der Waals surface area (Å²) in [6.07, 6.45) is 3.16. The number of aliphatic hydroxyl groups excluding tert-OH is 1. The van der Waals surface area contributed by atoms with Crippen molar-refractivity contribution in [3.63, 3.8) is 0 Å². The third-order valence-corrected chi connectivity index (χ3v) is 7.42. The van der Waals surface area contributed by atoms with Crippen LogP contribution in [0.1, 0.15) is 36.6 Å². The van der Waals surface area contributed by atoms with Crippen molar-refractivity contribution in [3.8, 4) is 0 Å². The number of esters is 1. The second kappa shape index (κ2) is 6.35. The number of ether oxygens (including phenoxy) is 1. The van der Waals surface area contributed by atoms with Gasteiger partial charge in [-0.2, -0.15) is 0 Å². The molecule has 0 spiro atoms. The van der Waals surface area contributed by atoms with Gasteiger partial charge in [-0.3, -0.25) is 9.69 Å². The lowest BCUT2D eigenvalue weighted by Crippen LogP contribution is -2.53. The lowest BCUT2D eigenvalue weighted by Gasteiger charge is -2.51. The van der Waals surface area contributed by atoms with Gasteiger partial charge in [-0.05, 0) is 49.1 Å². The molecule has 5 nitrogen and oxygen atoms in total. The number of aliphatic hydroxyl groups is 1. The molecule has 5 rings (SSSR count). The Bertz CT molecular complexity index is 889. The molecule has 1 aromatic heterocycles. The molecule has 5 atom stereocenters. The van der Waals surface area contributed by atoms with Crippen molar-refractivity contribution in [1.29, 1.82) is 0 Å². The summed E-state index contributed by atoms with van der Waals surface area (Å²) in [7, 11) is 3.61. The van der Waals surface area contributed by atoms with Gasteiger partial charge in [0.1, 0.15) is 0 Å². The van der Waals surface area contributed by atoms with Gasteiger partial charge in [0, 0.05) is 36.7 Å². The highest BCUT2D eigenvalue weighted by Gasteiger charge is 2.49. The number of aryl methyl sites for hydroxylation is 1. The number of benzene rings is 1. The summed E-state index contributed by atoms with van der Waals surface area (Å²) in [5, 5.41) is 11.9. The molecule has 1 aliphatic carbocycles. The van der Waals surface area contributed by atoms with Crippen LogP contribution in [-0.2, 0) is 23.0 Å². The quantitative estimate of drug-likeness (QED) is 0.787. The number of piperidine rings is 1. The first-order valence-electron chi connectivity index (χ1n) is 10.2. The maximum Gasteiger partial charge on any atom is 0.311 e. The van der Waals surface area contributed by atoms with E-state index in [-0.39, 0.29) is 17.8 Å². The average molecular weight is 368 g/mol. The SMILES string of the molecule is COC(=O)[C@H]1[C@H]2C[C@H]3c4c(c5ccccc5n4C)CCN3C[C@@H]2CC[C@@H]1O. The summed E-state index contributed by atoms with van der Waals surface area (Å²) in [5.74, 6) is 0.0612. The minimum atomic E-state index is -0.569. The number of para-hydroxylation sites is 1. The van der Waals surface area contributed by atoms with Gasteiger partial charge < -0.3 is 14.4 Å². The average Bonchev–Trinajstić information content (AvgIpc) is 2.99. The number of hydrogen-bond donors (Lipinski definition) is 1. The van der Waals surface area contributed by atoms with Crippen LogP contribution in [0.5, 0.6) is 0 Å². The maximum atomic E-state index is 12.4. The molecule has 144 valence electrons. The van der Waals surface area contributed by atoms with E-state index in [1.807, 2.05) is 0 Å². The minimum absolute atomic E-state index is 0.200. The van der Waals surface area contributed by atoms with Crippen molar-refractivity contribution in [2.24, 2.45) is 24.8 Å². The summed E-state index contributed by atoms with van der Waals surface area (Å²) in [5.41, 5.74) is 4.17. The Morgan fingerprint density at radius 1 is 1.26 bits per heavy atom. The van der Waals surface area contributed by atoms with Crippen LogP contribution in [0.15, 0.2) is 24.3 Å². The zero-order chi connectivity index (χ0) is 18.7. The highest BCUT2D eigenvalue weighted by molar-refractivity contribution is 5.86. The monoisotopic (exact) mass is 368 g/mol. The van der Waals surface area contributed by atoms with Crippen LogP contribution in [0.25, 0.3) is 10.9 Å². The van der Waals surface area contributed by atoms with Gasteiger partial charge in [-0.25, -0.2) is 0 Å². The topological polar surface area (TPSA) is 54.7 Å². The standard InChI is InChI=1S/C22H28N2O3/c1-23-17-6-4-3-5-14(17)15-9-10-24-12-13-7-8-19(25)20(22(26)27-2)16(13)11-18(24)21(15)23/h3-6,13,16,18-20,25H,7-12H2,1-2H3/t13-,16-,18-,19-,20-/m0/s1. The fourth-order valence-electron chi connectivity index (χ4n) is 6.19. The van der Waals surface area contributed by atoms with E-state index in [1.165, 1.54) is 29.3 Å². The van der Waals surface area contributed by atoms with Gasteiger partial charge >= 0.3 is 5.97 Å². The van der Waals surface area contributed by atoms with E-state index in [9.17, 15) is 9.90 Å². The smallest absolute Gasteiger partial charge is 0.311 e. The van der Waals surface area contributed by atoms with Crippen molar-refractivity contribution in [3.05, 3.63) is 35.5 Å². The largest absolute Gasteiger partial charge is 0.469 e. The summed E-state index contributed by atoms with van der Waals surface area (Å²) < 4.78 is 7.42. The fourth-order valence-corrected chi connectivity index (χ4v) is 6.19. The van der Waals surface area contributed by atoms with Gasteiger partial charge in [0.2, 0.25) is 0 Å². The Kier molecular flexibility index (Phi) is 4.06. The predicted octanol–water partition coefficient (Wildman–Crippen LogP) is 2.66. The van der Waals surface area contributed by atoms with Crippen LogP contribution in [0.3, 0.4) is 0 Å². The van der Waals surface area contributed by atoms with E-state index >= 15 is 0 Å². The van der Waals surface area contributed by atoms with Crippen LogP contribution in [0.2, 0.25) is 0 Å². The number of fused-ring (bicyclic) bond motifs is 6. The maximum absolute atomic E-state index is 12.4. The first-order chi connectivity index (χ1) is 13.1. The first kappa shape index (κ1) is 17.3. The molecule has 3 aliphatic rings. The van der Waals surface area contributed by atoms with Crippen LogP contribution < -0.4 is 0 Å². The molecule has 3 heterocycles. The van der Waals surface area contributed by atoms with E-state index < -0.39 is 6.10 Å². The molecule has 27 heavy (non-hydrogen) atoms. The van der Waals surface area contributed by atoms with Crippen LogP contribution in [-0.4, -0.2) is 46.8 Å². The number of nitrogens with zero attached hydrogens (tertiary/aromatic N) is 2. The fraction of sp³-hybridized carbons (Fsp3) is 0.591. The van der Waals surface area contributed by atoms with Gasteiger partial charge in [0.25, 0.3) is 0 Å². The molecule has 0 radical (unpaired) electrons. The third kappa shape index (κ3) is 2.48. The van der Waals surface area contributed by atoms with Crippen molar-refractivity contribution >= 4 is 16.9 Å². The van der Waals surface area contributed by atoms with Crippen molar-refractivity contribution in [2.45, 2.75) is 37.8 Å². The van der Waals surface area contributed by atoms with Gasteiger partial charge in [0.05, 0.1) is 25.2 Å². The van der Waals surface area contributed by atoms with E-state index in [2.05, 4.69) is 40.8 Å². The number of aromatic nitrogens is 1. The molecule has 1 saturated heterocycles. The van der Waals surface area contributed by atoms with Crippen molar-refractivity contribution < 1.29 is 14.6 Å². The molecule has 2 fully saturated rings. The molecule has 0 unspecified atom stereocenters. The summed E-state index contributed by atoms with van der Waals surface area (Å²) in [4.78, 5) is 15.1.